The summed E-state index contributed by atoms with van der Waals surface area (Å²) in [5.41, 5.74) is 0.365. The third kappa shape index (κ3) is 4.16. The number of carbonyl (C=O) groups is 3. The maximum atomic E-state index is 13.5. The molecule has 0 amide bonds. The lowest BCUT2D eigenvalue weighted by Crippen LogP contribution is -2.72. The van der Waals surface area contributed by atoms with E-state index in [0.29, 0.717) is 17.6 Å². The van der Waals surface area contributed by atoms with E-state index in [-0.39, 0.29) is 43.9 Å². The predicted molar refractivity (Wildman–Crippen MR) is 152 cm³/mol. The number of cyclic esters (lactones) is 1. The highest BCUT2D eigenvalue weighted by Gasteiger charge is 2.77. The van der Waals surface area contributed by atoms with Crippen molar-refractivity contribution in [3.8, 4) is 0 Å². The summed E-state index contributed by atoms with van der Waals surface area (Å²) in [6.07, 6.45) is -0.304. The molecule has 43 heavy (non-hydrogen) atoms. The molecule has 0 radical (unpaired) electrons. The smallest absolute Gasteiger partial charge is 0.334 e. The molecule has 2 saturated heterocycles. The van der Waals surface area contributed by atoms with Crippen molar-refractivity contribution in [2.45, 2.75) is 105 Å². The molecule has 0 bridgehead atoms. The van der Waals surface area contributed by atoms with Crippen LogP contribution in [-0.4, -0.2) is 78.1 Å². The number of allylic oxidation sites excluding steroid dienone is 2. The third-order valence-electron chi connectivity index (χ3n) is 12.0. The minimum atomic E-state index is -1.16. The summed E-state index contributed by atoms with van der Waals surface area (Å²) in [5.74, 6) is -2.34. The molecule has 0 aromatic heterocycles. The first-order valence-corrected chi connectivity index (χ1v) is 15.4. The Bertz CT molecular complexity index is 1330. The standard InChI is InChI=1S/C33H44O10/c1-8-15(2)29(37)43-28-26-27-31(5,14-40-26)23(41-17(4)34)13-22(35)32(27,6)21-12-24(36)42-20-11-19(18-9-10-39-30(18)38)16(3)25(20)33(21,28)7/h8-9,19-24,26-28,35-36H,10-14H2,1-7H3. The van der Waals surface area contributed by atoms with Crippen LogP contribution in [-0.2, 0) is 38.1 Å². The highest BCUT2D eigenvalue weighted by atomic mass is 16.6. The lowest BCUT2D eigenvalue weighted by atomic mass is 9.39. The van der Waals surface area contributed by atoms with Gasteiger partial charge in [-0.3, -0.25) is 4.79 Å². The Labute approximate surface area is 252 Å². The van der Waals surface area contributed by atoms with E-state index in [1.54, 1.807) is 26.0 Å². The Morgan fingerprint density at radius 1 is 1.09 bits per heavy atom. The first-order chi connectivity index (χ1) is 20.2. The number of aliphatic hydroxyl groups is 2. The second kappa shape index (κ2) is 10.3. The second-order valence-corrected chi connectivity index (χ2v) is 14.1. The van der Waals surface area contributed by atoms with Gasteiger partial charge in [0.15, 0.2) is 6.29 Å². The molecule has 0 spiro atoms. The van der Waals surface area contributed by atoms with Gasteiger partial charge in [-0.15, -0.1) is 0 Å². The fraction of sp³-hybridized carbons (Fsp3) is 0.727. The molecular formula is C33H44O10. The maximum absolute atomic E-state index is 13.5. The van der Waals surface area contributed by atoms with Crippen molar-refractivity contribution in [3.05, 3.63) is 34.4 Å². The van der Waals surface area contributed by atoms with Crippen molar-refractivity contribution >= 4 is 17.9 Å². The number of fused-ring (bicyclic) bond motifs is 4. The van der Waals surface area contributed by atoms with Gasteiger partial charge >= 0.3 is 17.9 Å². The summed E-state index contributed by atoms with van der Waals surface area (Å²) in [6.45, 7) is 13.4. The van der Waals surface area contributed by atoms with Crippen molar-refractivity contribution in [1.29, 1.82) is 0 Å². The molecule has 12 unspecified atom stereocenters. The van der Waals surface area contributed by atoms with Crippen LogP contribution >= 0.6 is 0 Å². The Kier molecular flexibility index (Phi) is 7.27. The zero-order chi connectivity index (χ0) is 31.2. The molecule has 2 N–H and O–H groups in total. The van der Waals surface area contributed by atoms with Gasteiger partial charge in [0.25, 0.3) is 0 Å². The van der Waals surface area contributed by atoms with Gasteiger partial charge in [-0.1, -0.05) is 32.4 Å². The van der Waals surface area contributed by atoms with Gasteiger partial charge < -0.3 is 33.9 Å². The number of hydrogen-bond donors (Lipinski definition) is 2. The molecule has 3 aliphatic heterocycles. The normalized spacial score (nSPS) is 47.2. The van der Waals surface area contributed by atoms with Crippen molar-refractivity contribution in [2.75, 3.05) is 13.2 Å². The fourth-order valence-corrected chi connectivity index (χ4v) is 10.1. The molecule has 10 nitrogen and oxygen atoms in total. The van der Waals surface area contributed by atoms with Crippen LogP contribution < -0.4 is 0 Å². The summed E-state index contributed by atoms with van der Waals surface area (Å²) in [5, 5.41) is 23.4. The third-order valence-corrected chi connectivity index (χ3v) is 12.0. The molecule has 12 atom stereocenters. The maximum Gasteiger partial charge on any atom is 0.334 e. The number of ether oxygens (including phenoxy) is 5. The van der Waals surface area contributed by atoms with E-state index in [2.05, 4.69) is 0 Å². The van der Waals surface area contributed by atoms with Crippen LogP contribution in [0.5, 0.6) is 0 Å². The molecule has 4 fully saturated rings. The van der Waals surface area contributed by atoms with Crippen LogP contribution in [0.2, 0.25) is 0 Å². The zero-order valence-corrected chi connectivity index (χ0v) is 26.0. The van der Waals surface area contributed by atoms with Gasteiger partial charge in [0.05, 0.1) is 24.9 Å². The number of rotatable bonds is 4. The van der Waals surface area contributed by atoms with E-state index in [1.807, 2.05) is 27.7 Å². The van der Waals surface area contributed by atoms with E-state index >= 15 is 0 Å². The molecule has 6 rings (SSSR count). The van der Waals surface area contributed by atoms with Crippen LogP contribution in [0.1, 0.15) is 67.7 Å². The SMILES string of the molecule is CC=C(C)C(=O)OC1C2OCC3(C)C(OC(C)=O)CC(O)C(C)(C23)C2CC(O)OC3CC(C4=CCOC4=O)C(C)=C3C12C. The van der Waals surface area contributed by atoms with Crippen molar-refractivity contribution in [3.63, 3.8) is 0 Å². The van der Waals surface area contributed by atoms with Gasteiger partial charge in [-0.05, 0) is 44.8 Å². The molecule has 3 heterocycles. The van der Waals surface area contributed by atoms with Crippen LogP contribution in [0, 0.1) is 34.0 Å². The largest absolute Gasteiger partial charge is 0.462 e. The first kappa shape index (κ1) is 30.5. The van der Waals surface area contributed by atoms with Gasteiger partial charge in [0.1, 0.15) is 18.8 Å². The van der Waals surface area contributed by atoms with Gasteiger partial charge in [0, 0.05) is 59.0 Å². The average Bonchev–Trinajstić information content (AvgIpc) is 3.60. The Morgan fingerprint density at radius 3 is 2.44 bits per heavy atom. The number of aliphatic hydroxyl groups excluding tert-OH is 2. The highest BCUT2D eigenvalue weighted by Crippen LogP contribution is 2.72. The molecule has 236 valence electrons. The van der Waals surface area contributed by atoms with E-state index in [1.165, 1.54) is 6.92 Å². The fourth-order valence-electron chi connectivity index (χ4n) is 10.1. The lowest BCUT2D eigenvalue weighted by Gasteiger charge is -2.66. The van der Waals surface area contributed by atoms with Crippen LogP contribution in [0.4, 0.5) is 0 Å². The monoisotopic (exact) mass is 600 g/mol. The first-order valence-electron chi connectivity index (χ1n) is 15.4. The van der Waals surface area contributed by atoms with E-state index in [9.17, 15) is 24.6 Å². The average molecular weight is 601 g/mol. The van der Waals surface area contributed by atoms with E-state index in [4.69, 9.17) is 23.7 Å². The van der Waals surface area contributed by atoms with Crippen molar-refractivity contribution in [1.82, 2.24) is 0 Å². The highest BCUT2D eigenvalue weighted by molar-refractivity contribution is 5.92. The van der Waals surface area contributed by atoms with Crippen molar-refractivity contribution < 1.29 is 48.3 Å². The van der Waals surface area contributed by atoms with Crippen LogP contribution in [0.25, 0.3) is 0 Å². The van der Waals surface area contributed by atoms with Crippen LogP contribution in [0.15, 0.2) is 34.4 Å². The molecule has 10 heteroatoms. The predicted octanol–water partition coefficient (Wildman–Crippen LogP) is 3.15. The second-order valence-electron chi connectivity index (χ2n) is 14.1. The minimum absolute atomic E-state index is 0.195. The molecule has 0 aromatic carbocycles. The number of carbonyl (C=O) groups excluding carboxylic acids is 3. The summed E-state index contributed by atoms with van der Waals surface area (Å²) in [4.78, 5) is 38.4. The van der Waals surface area contributed by atoms with Gasteiger partial charge in [-0.25, -0.2) is 9.59 Å². The topological polar surface area (TPSA) is 138 Å². The number of hydrogen-bond acceptors (Lipinski definition) is 10. The lowest BCUT2D eigenvalue weighted by molar-refractivity contribution is -0.258. The molecule has 0 aromatic rings. The summed E-state index contributed by atoms with van der Waals surface area (Å²) in [6, 6.07) is 0. The zero-order valence-electron chi connectivity index (χ0n) is 26.0. The molecular weight excluding hydrogens is 556 g/mol. The number of esters is 3. The quantitative estimate of drug-likeness (QED) is 0.214. The molecule has 2 saturated carbocycles. The van der Waals surface area contributed by atoms with Gasteiger partial charge in [-0.2, -0.15) is 0 Å². The van der Waals surface area contributed by atoms with Gasteiger partial charge in [0.2, 0.25) is 0 Å². The summed E-state index contributed by atoms with van der Waals surface area (Å²) < 4.78 is 30.5. The summed E-state index contributed by atoms with van der Waals surface area (Å²) in [7, 11) is 0. The molecule has 3 aliphatic carbocycles. The molecule has 6 aliphatic rings. The van der Waals surface area contributed by atoms with E-state index in [0.717, 1.165) is 11.1 Å². The Balaban J connectivity index is 1.57. The van der Waals surface area contributed by atoms with Crippen LogP contribution in [0.3, 0.4) is 0 Å². The Hall–Kier alpha value is -2.53. The minimum Gasteiger partial charge on any atom is -0.462 e. The Morgan fingerprint density at radius 2 is 1.81 bits per heavy atom. The van der Waals surface area contributed by atoms with E-state index < -0.39 is 70.9 Å². The summed E-state index contributed by atoms with van der Waals surface area (Å²) >= 11 is 0. The van der Waals surface area contributed by atoms with Crippen molar-refractivity contribution in [2.24, 2.45) is 34.0 Å².